The summed E-state index contributed by atoms with van der Waals surface area (Å²) in [5.41, 5.74) is 8.74. The molecule has 4 aromatic heterocycles. The van der Waals surface area contributed by atoms with Crippen LogP contribution in [0.2, 0.25) is 0 Å². The van der Waals surface area contributed by atoms with Crippen molar-refractivity contribution in [1.29, 1.82) is 0 Å². The quantitative estimate of drug-likeness (QED) is 0.168. The van der Waals surface area contributed by atoms with Crippen molar-refractivity contribution in [3.05, 3.63) is 182 Å². The van der Waals surface area contributed by atoms with Crippen LogP contribution >= 0.6 is 11.3 Å². The van der Waals surface area contributed by atoms with Gasteiger partial charge < -0.3 is 13.7 Å². The fourth-order valence-electron chi connectivity index (χ4n) is 8.39. The molecule has 8 aromatic carbocycles. The number of thiophene rings is 1. The minimum absolute atomic E-state index is 0.541. The Balaban J connectivity index is 1.18. The number of rotatable bonds is 6. The van der Waals surface area contributed by atoms with Crippen molar-refractivity contribution < 1.29 is 8.83 Å². The first kappa shape index (κ1) is 32.6. The van der Waals surface area contributed by atoms with Crippen molar-refractivity contribution in [3.8, 4) is 34.2 Å². The molecule has 0 bridgehead atoms. The third-order valence-corrected chi connectivity index (χ3v) is 12.0. The Morgan fingerprint density at radius 1 is 0.379 bits per heavy atom. The summed E-state index contributed by atoms with van der Waals surface area (Å²) in [5.74, 6) is 1.67. The summed E-state index contributed by atoms with van der Waals surface area (Å²) >= 11 is 1.81. The molecule has 0 saturated carbocycles. The second kappa shape index (κ2) is 13.0. The van der Waals surface area contributed by atoms with Crippen LogP contribution in [0, 0.1) is 0 Å². The lowest BCUT2D eigenvalue weighted by Crippen LogP contribution is -2.10. The summed E-state index contributed by atoms with van der Waals surface area (Å²) in [6, 6.07) is 62.6. The van der Waals surface area contributed by atoms with Crippen molar-refractivity contribution in [2.75, 3.05) is 4.90 Å². The molecule has 12 aromatic rings. The van der Waals surface area contributed by atoms with E-state index >= 15 is 0 Å². The van der Waals surface area contributed by atoms with Crippen LogP contribution in [0.25, 0.3) is 98.2 Å². The molecule has 0 amide bonds. The third-order valence-electron chi connectivity index (χ3n) is 10.9. The molecule has 0 fully saturated rings. The average molecular weight is 763 g/mol. The average Bonchev–Trinajstić information content (AvgIpc) is 3.98. The smallest absolute Gasteiger partial charge is 0.164 e. The first-order valence-corrected chi connectivity index (χ1v) is 20.0. The highest BCUT2D eigenvalue weighted by molar-refractivity contribution is 7.26. The first-order valence-electron chi connectivity index (χ1n) is 19.2. The van der Waals surface area contributed by atoms with Crippen molar-refractivity contribution in [3.63, 3.8) is 0 Å². The van der Waals surface area contributed by atoms with Gasteiger partial charge in [0, 0.05) is 70.2 Å². The normalized spacial score (nSPS) is 11.8. The zero-order chi connectivity index (χ0) is 38.2. The van der Waals surface area contributed by atoms with Gasteiger partial charge in [-0.25, -0.2) is 15.0 Å². The monoisotopic (exact) mass is 762 g/mol. The summed E-state index contributed by atoms with van der Waals surface area (Å²) in [7, 11) is 0. The highest BCUT2D eigenvalue weighted by Gasteiger charge is 2.25. The van der Waals surface area contributed by atoms with Gasteiger partial charge in [0.1, 0.15) is 22.3 Å². The van der Waals surface area contributed by atoms with E-state index in [-0.39, 0.29) is 0 Å². The number of fused-ring (bicyclic) bond motifs is 9. The van der Waals surface area contributed by atoms with Crippen LogP contribution in [0.3, 0.4) is 0 Å². The van der Waals surface area contributed by atoms with Gasteiger partial charge in [-0.3, -0.25) is 0 Å². The molecule has 0 aliphatic rings. The lowest BCUT2D eigenvalue weighted by atomic mass is 10.0. The molecule has 272 valence electrons. The standard InChI is InChI=1S/C51H30N4O2S/c1-3-15-31(16-4-1)49-52-50(37-22-13-26-42-46(37)34-19-7-10-24-40(34)56-42)54-51(53-49)38-29-33(30-43-47(38)35-20-8-11-25-41(35)57-43)55(32-17-5-2-6-18-32)39-23-14-28-45-48(39)36-21-9-12-27-44(36)58-45/h1-30H. The predicted molar refractivity (Wildman–Crippen MR) is 238 cm³/mol. The number of hydrogen-bond donors (Lipinski definition) is 0. The lowest BCUT2D eigenvalue weighted by molar-refractivity contribution is 0.668. The first-order chi connectivity index (χ1) is 28.7. The Kier molecular flexibility index (Phi) is 7.30. The van der Waals surface area contributed by atoms with Crippen molar-refractivity contribution >= 4 is 92.4 Å². The Morgan fingerprint density at radius 3 is 1.72 bits per heavy atom. The number of hydrogen-bond acceptors (Lipinski definition) is 7. The maximum absolute atomic E-state index is 6.74. The van der Waals surface area contributed by atoms with Gasteiger partial charge in [-0.05, 0) is 54.6 Å². The van der Waals surface area contributed by atoms with E-state index in [2.05, 4.69) is 108 Å². The Hall–Kier alpha value is -7.61. The Bertz CT molecular complexity index is 3530. The van der Waals surface area contributed by atoms with Gasteiger partial charge in [0.2, 0.25) is 0 Å². The number of anilines is 3. The molecule has 0 atom stereocenters. The predicted octanol–water partition coefficient (Wildman–Crippen LogP) is 14.5. The van der Waals surface area contributed by atoms with Crippen LogP contribution in [0.15, 0.2) is 191 Å². The maximum Gasteiger partial charge on any atom is 0.164 e. The van der Waals surface area contributed by atoms with Crippen LogP contribution < -0.4 is 4.90 Å². The molecule has 7 heteroatoms. The van der Waals surface area contributed by atoms with E-state index < -0.39 is 0 Å². The second-order valence-corrected chi connectivity index (χ2v) is 15.4. The van der Waals surface area contributed by atoms with Gasteiger partial charge >= 0.3 is 0 Å². The third kappa shape index (κ3) is 5.14. The van der Waals surface area contributed by atoms with Crippen molar-refractivity contribution in [1.82, 2.24) is 15.0 Å². The summed E-state index contributed by atoms with van der Waals surface area (Å²) in [6.07, 6.45) is 0. The number of aromatic nitrogens is 3. The molecule has 0 saturated heterocycles. The van der Waals surface area contributed by atoms with Gasteiger partial charge in [-0.2, -0.15) is 0 Å². The van der Waals surface area contributed by atoms with E-state index in [4.69, 9.17) is 23.8 Å². The minimum atomic E-state index is 0.541. The van der Waals surface area contributed by atoms with E-state index in [1.807, 2.05) is 90.2 Å². The van der Waals surface area contributed by atoms with Crippen LogP contribution in [-0.2, 0) is 0 Å². The number of para-hydroxylation sites is 3. The molecule has 4 heterocycles. The fourth-order valence-corrected chi connectivity index (χ4v) is 9.51. The molecular formula is C51H30N4O2S. The molecule has 0 aliphatic carbocycles. The molecule has 6 nitrogen and oxygen atoms in total. The number of nitrogens with zero attached hydrogens (tertiary/aromatic N) is 4. The van der Waals surface area contributed by atoms with Crippen molar-refractivity contribution in [2.24, 2.45) is 0 Å². The van der Waals surface area contributed by atoms with E-state index in [1.165, 1.54) is 20.2 Å². The molecule has 58 heavy (non-hydrogen) atoms. The Morgan fingerprint density at radius 2 is 0.948 bits per heavy atom. The van der Waals surface area contributed by atoms with E-state index in [1.54, 1.807) is 0 Å². The molecule has 0 aliphatic heterocycles. The molecule has 12 rings (SSSR count). The summed E-state index contributed by atoms with van der Waals surface area (Å²) in [4.78, 5) is 18.2. The van der Waals surface area contributed by atoms with Gasteiger partial charge in [-0.1, -0.05) is 121 Å². The van der Waals surface area contributed by atoms with E-state index in [0.717, 1.165) is 77.6 Å². The molecular weight excluding hydrogens is 733 g/mol. The van der Waals surface area contributed by atoms with Gasteiger partial charge in [0.15, 0.2) is 17.5 Å². The van der Waals surface area contributed by atoms with E-state index in [0.29, 0.717) is 17.5 Å². The molecule has 0 N–H and O–H groups in total. The minimum Gasteiger partial charge on any atom is -0.456 e. The molecule has 0 radical (unpaired) electrons. The van der Waals surface area contributed by atoms with Crippen LogP contribution in [0.5, 0.6) is 0 Å². The van der Waals surface area contributed by atoms with Crippen molar-refractivity contribution in [2.45, 2.75) is 0 Å². The Labute approximate surface area is 335 Å². The summed E-state index contributed by atoms with van der Waals surface area (Å²) < 4.78 is 15.5. The summed E-state index contributed by atoms with van der Waals surface area (Å²) in [5, 5.41) is 6.33. The molecule has 0 unspecified atom stereocenters. The maximum atomic E-state index is 6.74. The van der Waals surface area contributed by atoms with E-state index in [9.17, 15) is 0 Å². The highest BCUT2D eigenvalue weighted by Crippen LogP contribution is 2.48. The zero-order valence-corrected chi connectivity index (χ0v) is 31.7. The molecule has 0 spiro atoms. The fraction of sp³-hybridized carbons (Fsp3) is 0. The summed E-state index contributed by atoms with van der Waals surface area (Å²) in [6.45, 7) is 0. The van der Waals surface area contributed by atoms with Gasteiger partial charge in [-0.15, -0.1) is 11.3 Å². The van der Waals surface area contributed by atoms with Crippen LogP contribution in [-0.4, -0.2) is 15.0 Å². The lowest BCUT2D eigenvalue weighted by Gasteiger charge is -2.27. The van der Waals surface area contributed by atoms with Gasteiger partial charge in [0.25, 0.3) is 0 Å². The van der Waals surface area contributed by atoms with Crippen LogP contribution in [0.4, 0.5) is 17.1 Å². The topological polar surface area (TPSA) is 68.2 Å². The highest BCUT2D eigenvalue weighted by atomic mass is 32.1. The largest absolute Gasteiger partial charge is 0.456 e. The van der Waals surface area contributed by atoms with Crippen LogP contribution in [0.1, 0.15) is 0 Å². The second-order valence-electron chi connectivity index (χ2n) is 14.3. The zero-order valence-electron chi connectivity index (χ0n) is 30.8. The SMILES string of the molecule is c1ccc(-c2nc(-c3cccc4oc5ccccc5c34)nc(-c3cc(N(c4ccccc4)c4cccc5sc6ccccc6c45)cc4oc5ccccc5c34)n2)cc1. The number of benzene rings is 8. The van der Waals surface area contributed by atoms with Gasteiger partial charge in [0.05, 0.1) is 11.4 Å². The number of furan rings is 2.